The molecule has 0 aromatic heterocycles. The molecule has 2 aliphatic rings. The molecule has 1 saturated carbocycles. The molecule has 0 radical (unpaired) electrons. The maximum atomic E-state index is 11.5. The lowest BCUT2D eigenvalue weighted by Gasteiger charge is -2.32. The Morgan fingerprint density at radius 3 is 2.86 bits per heavy atom. The van der Waals surface area contributed by atoms with Crippen molar-refractivity contribution in [3.63, 3.8) is 0 Å². The zero-order chi connectivity index (χ0) is 9.97. The molecule has 0 aromatic carbocycles. The van der Waals surface area contributed by atoms with Gasteiger partial charge in [0.25, 0.3) is 0 Å². The Morgan fingerprint density at radius 2 is 2.29 bits per heavy atom. The second kappa shape index (κ2) is 4.13. The Kier molecular flexibility index (Phi) is 2.87. The predicted molar refractivity (Wildman–Crippen MR) is 53.9 cm³/mol. The van der Waals surface area contributed by atoms with Gasteiger partial charge in [0.2, 0.25) is 0 Å². The number of nitrogens with one attached hydrogen (secondary N) is 1. The molecule has 0 aromatic rings. The van der Waals surface area contributed by atoms with Gasteiger partial charge in [0, 0.05) is 12.1 Å². The summed E-state index contributed by atoms with van der Waals surface area (Å²) in [6.45, 7) is 1.79. The molecule has 1 aliphatic heterocycles. The smallest absolute Gasteiger partial charge is 0.333 e. The maximum absolute atomic E-state index is 11.5. The Bertz CT molecular complexity index is 266. The summed E-state index contributed by atoms with van der Waals surface area (Å²) >= 11 is 0. The van der Waals surface area contributed by atoms with E-state index in [2.05, 4.69) is 5.32 Å². The largest absolute Gasteiger partial charge is 0.466 e. The zero-order valence-electron chi connectivity index (χ0n) is 8.64. The van der Waals surface area contributed by atoms with Gasteiger partial charge < -0.3 is 10.1 Å². The van der Waals surface area contributed by atoms with Crippen LogP contribution in [0.3, 0.4) is 0 Å². The summed E-state index contributed by atoms with van der Waals surface area (Å²) in [5, 5.41) is 3.33. The van der Waals surface area contributed by atoms with Crippen molar-refractivity contribution in [2.75, 3.05) is 20.2 Å². The van der Waals surface area contributed by atoms with Crippen molar-refractivity contribution < 1.29 is 9.53 Å². The van der Waals surface area contributed by atoms with Gasteiger partial charge in [0.1, 0.15) is 0 Å². The highest BCUT2D eigenvalue weighted by Gasteiger charge is 2.28. The fourth-order valence-electron chi connectivity index (χ4n) is 2.21. The topological polar surface area (TPSA) is 38.3 Å². The lowest BCUT2D eigenvalue weighted by Crippen LogP contribution is -2.33. The molecular formula is C11H17NO2. The number of esters is 1. The predicted octanol–water partition coefficient (Wildman–Crippen LogP) is 1.25. The van der Waals surface area contributed by atoms with Gasteiger partial charge in [0.15, 0.2) is 0 Å². The van der Waals surface area contributed by atoms with E-state index in [0.717, 1.165) is 25.1 Å². The van der Waals surface area contributed by atoms with Gasteiger partial charge in [-0.1, -0.05) is 6.42 Å². The molecule has 0 amide bonds. The van der Waals surface area contributed by atoms with Crippen molar-refractivity contribution in [2.24, 2.45) is 5.92 Å². The lowest BCUT2D eigenvalue weighted by molar-refractivity contribution is -0.136. The van der Waals surface area contributed by atoms with Gasteiger partial charge >= 0.3 is 5.97 Å². The van der Waals surface area contributed by atoms with Crippen LogP contribution in [0.5, 0.6) is 0 Å². The fourth-order valence-corrected chi connectivity index (χ4v) is 2.21. The molecular weight excluding hydrogens is 178 g/mol. The van der Waals surface area contributed by atoms with Crippen LogP contribution in [0.25, 0.3) is 0 Å². The fraction of sp³-hybridized carbons (Fsp3) is 0.727. The van der Waals surface area contributed by atoms with E-state index in [0.29, 0.717) is 5.92 Å². The summed E-state index contributed by atoms with van der Waals surface area (Å²) < 4.78 is 4.81. The second-order valence-corrected chi connectivity index (χ2v) is 4.05. The molecule has 0 atom stereocenters. The highest BCUT2D eigenvalue weighted by Crippen LogP contribution is 2.36. The summed E-state index contributed by atoms with van der Waals surface area (Å²) in [6.07, 6.45) is 4.64. The third-order valence-electron chi connectivity index (χ3n) is 3.28. The summed E-state index contributed by atoms with van der Waals surface area (Å²) in [5.41, 5.74) is 2.25. The van der Waals surface area contributed by atoms with Crippen LogP contribution in [0.1, 0.15) is 25.7 Å². The van der Waals surface area contributed by atoms with Crippen LogP contribution in [0.4, 0.5) is 0 Å². The summed E-state index contributed by atoms with van der Waals surface area (Å²) in [5.74, 6) is 0.533. The Balaban J connectivity index is 2.18. The minimum atomic E-state index is -0.117. The van der Waals surface area contributed by atoms with Gasteiger partial charge in [-0.3, -0.25) is 0 Å². The number of carbonyl (C=O) groups is 1. The van der Waals surface area contributed by atoms with Gasteiger partial charge in [-0.2, -0.15) is 0 Å². The molecule has 0 unspecified atom stereocenters. The van der Waals surface area contributed by atoms with E-state index in [-0.39, 0.29) is 5.97 Å². The van der Waals surface area contributed by atoms with Crippen LogP contribution in [0.15, 0.2) is 11.1 Å². The van der Waals surface area contributed by atoms with Crippen molar-refractivity contribution in [1.29, 1.82) is 0 Å². The molecule has 1 aliphatic carbocycles. The Morgan fingerprint density at radius 1 is 1.50 bits per heavy atom. The zero-order valence-corrected chi connectivity index (χ0v) is 8.64. The van der Waals surface area contributed by atoms with E-state index in [1.165, 1.54) is 31.9 Å². The third-order valence-corrected chi connectivity index (χ3v) is 3.28. The first-order valence-corrected chi connectivity index (χ1v) is 5.34. The molecule has 78 valence electrons. The normalized spacial score (nSPS) is 23.2. The minimum Gasteiger partial charge on any atom is -0.466 e. The van der Waals surface area contributed by atoms with Crippen LogP contribution < -0.4 is 5.32 Å². The number of hydrogen-bond acceptors (Lipinski definition) is 3. The summed E-state index contributed by atoms with van der Waals surface area (Å²) in [6, 6.07) is 0. The molecule has 2 rings (SSSR count). The second-order valence-electron chi connectivity index (χ2n) is 4.05. The van der Waals surface area contributed by atoms with Gasteiger partial charge in [-0.05, 0) is 37.3 Å². The Labute approximate surface area is 84.5 Å². The van der Waals surface area contributed by atoms with Crippen molar-refractivity contribution in [3.05, 3.63) is 11.1 Å². The number of methoxy groups -OCH3 is 1. The van der Waals surface area contributed by atoms with Crippen molar-refractivity contribution >= 4 is 5.97 Å². The number of ether oxygens (including phenoxy) is 1. The average molecular weight is 195 g/mol. The van der Waals surface area contributed by atoms with Gasteiger partial charge in [-0.15, -0.1) is 0 Å². The maximum Gasteiger partial charge on any atom is 0.333 e. The Hall–Kier alpha value is -0.830. The first-order valence-electron chi connectivity index (χ1n) is 5.34. The van der Waals surface area contributed by atoms with Crippen LogP contribution >= 0.6 is 0 Å². The molecule has 14 heavy (non-hydrogen) atoms. The molecule has 0 saturated heterocycles. The molecule has 3 heteroatoms. The van der Waals surface area contributed by atoms with Gasteiger partial charge in [-0.25, -0.2) is 4.79 Å². The number of hydrogen-bond donors (Lipinski definition) is 1. The number of carbonyl (C=O) groups excluding carboxylic acids is 1. The van der Waals surface area contributed by atoms with E-state index in [1.54, 1.807) is 0 Å². The number of rotatable bonds is 2. The quantitative estimate of drug-likeness (QED) is 0.674. The van der Waals surface area contributed by atoms with E-state index in [4.69, 9.17) is 4.74 Å². The van der Waals surface area contributed by atoms with Gasteiger partial charge in [0.05, 0.1) is 7.11 Å². The molecule has 0 spiro atoms. The average Bonchev–Trinajstić information content (AvgIpc) is 2.15. The molecule has 3 nitrogen and oxygen atoms in total. The molecule has 0 bridgehead atoms. The van der Waals surface area contributed by atoms with E-state index < -0.39 is 0 Å². The first-order chi connectivity index (χ1) is 6.83. The van der Waals surface area contributed by atoms with Crippen LogP contribution in [0, 0.1) is 5.92 Å². The van der Waals surface area contributed by atoms with E-state index >= 15 is 0 Å². The van der Waals surface area contributed by atoms with Crippen LogP contribution in [-0.4, -0.2) is 26.2 Å². The van der Waals surface area contributed by atoms with Crippen LogP contribution in [0.2, 0.25) is 0 Å². The standard InChI is InChI=1S/C11H17NO2/c1-14-11(13)9-5-6-12-7-10(9)8-3-2-4-8/h8,12H,2-7H2,1H3. The van der Waals surface area contributed by atoms with Crippen LogP contribution in [-0.2, 0) is 9.53 Å². The lowest BCUT2D eigenvalue weighted by atomic mass is 9.76. The van der Waals surface area contributed by atoms with E-state index in [9.17, 15) is 4.79 Å². The van der Waals surface area contributed by atoms with Crippen molar-refractivity contribution in [1.82, 2.24) is 5.32 Å². The van der Waals surface area contributed by atoms with Crippen molar-refractivity contribution in [2.45, 2.75) is 25.7 Å². The van der Waals surface area contributed by atoms with E-state index in [1.807, 2.05) is 0 Å². The molecule has 1 heterocycles. The SMILES string of the molecule is COC(=O)C1=C(C2CCC2)CNCC1. The summed E-state index contributed by atoms with van der Waals surface area (Å²) in [7, 11) is 1.47. The highest BCUT2D eigenvalue weighted by molar-refractivity contribution is 5.89. The summed E-state index contributed by atoms with van der Waals surface area (Å²) in [4.78, 5) is 11.5. The third kappa shape index (κ3) is 1.69. The van der Waals surface area contributed by atoms with Crippen molar-refractivity contribution in [3.8, 4) is 0 Å². The molecule has 1 fully saturated rings. The molecule has 1 N–H and O–H groups in total. The highest BCUT2D eigenvalue weighted by atomic mass is 16.5. The minimum absolute atomic E-state index is 0.117. The first kappa shape index (κ1) is 9.71. The monoisotopic (exact) mass is 195 g/mol.